The lowest BCUT2D eigenvalue weighted by Gasteiger charge is -2.17. The first kappa shape index (κ1) is 17.7. The molecule has 0 fully saturated rings. The van der Waals surface area contributed by atoms with Crippen LogP contribution in [-0.2, 0) is 4.74 Å². The van der Waals surface area contributed by atoms with E-state index in [-0.39, 0.29) is 0 Å². The predicted molar refractivity (Wildman–Crippen MR) is 89.1 cm³/mol. The average molecular weight is 294 g/mol. The Morgan fingerprint density at radius 2 is 1.71 bits per heavy atom. The molecule has 5 heteroatoms. The Hall–Kier alpha value is -1.36. The molecule has 0 radical (unpaired) electrons. The number of anilines is 2. The topological polar surface area (TPSA) is 59.1 Å². The summed E-state index contributed by atoms with van der Waals surface area (Å²) in [6.07, 6.45) is 4.07. The standard InChI is InChI=1S/C16H30N4O/c1-6-17-15-14(12(2)3)16(20-11-19-15)18-9-7-8-10-21-13(4)5/h11-13H,6-10H2,1-5H3,(H2,17,18,19,20). The molecule has 0 aliphatic rings. The van der Waals surface area contributed by atoms with Crippen LogP contribution in [0.3, 0.4) is 0 Å². The predicted octanol–water partition coefficient (Wildman–Crippen LogP) is 3.65. The molecule has 2 N–H and O–H groups in total. The normalized spacial score (nSPS) is 11.2. The van der Waals surface area contributed by atoms with E-state index in [9.17, 15) is 0 Å². The van der Waals surface area contributed by atoms with E-state index in [1.807, 2.05) is 0 Å². The molecule has 0 aliphatic heterocycles. The van der Waals surface area contributed by atoms with E-state index in [0.29, 0.717) is 12.0 Å². The molecule has 0 spiro atoms. The van der Waals surface area contributed by atoms with Crippen molar-refractivity contribution >= 4 is 11.6 Å². The van der Waals surface area contributed by atoms with Crippen LogP contribution in [0.1, 0.15) is 58.9 Å². The van der Waals surface area contributed by atoms with Crippen molar-refractivity contribution < 1.29 is 4.74 Å². The maximum Gasteiger partial charge on any atom is 0.134 e. The first-order valence-electron chi connectivity index (χ1n) is 8.00. The van der Waals surface area contributed by atoms with Gasteiger partial charge in [0.05, 0.1) is 6.10 Å². The molecule has 1 heterocycles. The van der Waals surface area contributed by atoms with Crippen LogP contribution in [-0.4, -0.2) is 35.8 Å². The second-order valence-electron chi connectivity index (χ2n) is 5.72. The highest BCUT2D eigenvalue weighted by atomic mass is 16.5. The van der Waals surface area contributed by atoms with E-state index in [4.69, 9.17) is 4.74 Å². The monoisotopic (exact) mass is 294 g/mol. The van der Waals surface area contributed by atoms with E-state index in [0.717, 1.165) is 49.7 Å². The zero-order chi connectivity index (χ0) is 15.7. The number of unbranched alkanes of at least 4 members (excludes halogenated alkanes) is 1. The smallest absolute Gasteiger partial charge is 0.134 e. The maximum atomic E-state index is 5.54. The molecule has 1 aromatic rings. The number of nitrogens with zero attached hydrogens (tertiary/aromatic N) is 2. The molecule has 0 saturated heterocycles. The third-order valence-electron chi connectivity index (χ3n) is 3.12. The van der Waals surface area contributed by atoms with Crippen molar-refractivity contribution in [3.05, 3.63) is 11.9 Å². The maximum absolute atomic E-state index is 5.54. The van der Waals surface area contributed by atoms with Crippen LogP contribution in [0.15, 0.2) is 6.33 Å². The first-order valence-corrected chi connectivity index (χ1v) is 8.00. The van der Waals surface area contributed by atoms with E-state index >= 15 is 0 Å². The molecule has 0 bridgehead atoms. The van der Waals surface area contributed by atoms with Crippen molar-refractivity contribution in [1.82, 2.24) is 9.97 Å². The summed E-state index contributed by atoms with van der Waals surface area (Å²) in [4.78, 5) is 8.74. The van der Waals surface area contributed by atoms with Crippen molar-refractivity contribution in [2.45, 2.75) is 59.5 Å². The molecule has 0 saturated carbocycles. The summed E-state index contributed by atoms with van der Waals surface area (Å²) in [5, 5.41) is 6.74. The van der Waals surface area contributed by atoms with Crippen LogP contribution >= 0.6 is 0 Å². The second-order valence-corrected chi connectivity index (χ2v) is 5.72. The molecule has 1 rings (SSSR count). The van der Waals surface area contributed by atoms with Crippen LogP contribution < -0.4 is 10.6 Å². The minimum atomic E-state index is 0.315. The van der Waals surface area contributed by atoms with Crippen molar-refractivity contribution in [2.24, 2.45) is 0 Å². The van der Waals surface area contributed by atoms with Gasteiger partial charge in [0.2, 0.25) is 0 Å². The zero-order valence-corrected chi connectivity index (χ0v) is 14.1. The molecule has 0 unspecified atom stereocenters. The average Bonchev–Trinajstić information content (AvgIpc) is 2.42. The summed E-state index contributed by atoms with van der Waals surface area (Å²) in [5.41, 5.74) is 1.16. The highest BCUT2D eigenvalue weighted by molar-refractivity contribution is 5.58. The van der Waals surface area contributed by atoms with Gasteiger partial charge in [-0.2, -0.15) is 0 Å². The number of rotatable bonds is 10. The van der Waals surface area contributed by atoms with Gasteiger partial charge in [0.15, 0.2) is 0 Å². The van der Waals surface area contributed by atoms with Crippen LogP contribution in [0, 0.1) is 0 Å². The summed E-state index contributed by atoms with van der Waals surface area (Å²) >= 11 is 0. The molecule has 5 nitrogen and oxygen atoms in total. The molecule has 1 aromatic heterocycles. The van der Waals surface area contributed by atoms with Gasteiger partial charge in [0.25, 0.3) is 0 Å². The van der Waals surface area contributed by atoms with Crippen LogP contribution in [0.2, 0.25) is 0 Å². The molecule has 0 aliphatic carbocycles. The Balaban J connectivity index is 2.52. The molecule has 21 heavy (non-hydrogen) atoms. The van der Waals surface area contributed by atoms with Crippen LogP contribution in [0.4, 0.5) is 11.6 Å². The summed E-state index contributed by atoms with van der Waals surface area (Å²) in [5.74, 6) is 2.26. The zero-order valence-electron chi connectivity index (χ0n) is 14.1. The summed E-state index contributed by atoms with van der Waals surface area (Å²) < 4.78 is 5.54. The Bertz CT molecular complexity index is 407. The third kappa shape index (κ3) is 6.29. The van der Waals surface area contributed by atoms with E-state index in [2.05, 4.69) is 55.2 Å². The highest BCUT2D eigenvalue weighted by Crippen LogP contribution is 2.28. The van der Waals surface area contributed by atoms with Crippen molar-refractivity contribution in [3.63, 3.8) is 0 Å². The van der Waals surface area contributed by atoms with Gasteiger partial charge in [-0.05, 0) is 39.5 Å². The molecule has 120 valence electrons. The quantitative estimate of drug-likeness (QED) is 0.645. The molecule has 0 amide bonds. The molecule has 0 aromatic carbocycles. The van der Waals surface area contributed by atoms with Gasteiger partial charge in [0.1, 0.15) is 18.0 Å². The first-order chi connectivity index (χ1) is 10.1. The minimum absolute atomic E-state index is 0.315. The van der Waals surface area contributed by atoms with Crippen molar-refractivity contribution in [2.75, 3.05) is 30.3 Å². The second kappa shape index (κ2) is 9.55. The largest absolute Gasteiger partial charge is 0.379 e. The fourth-order valence-corrected chi connectivity index (χ4v) is 2.14. The Labute approximate surface area is 128 Å². The van der Waals surface area contributed by atoms with Gasteiger partial charge in [-0.1, -0.05) is 13.8 Å². The summed E-state index contributed by atoms with van der Waals surface area (Å²) in [6, 6.07) is 0. The number of nitrogens with one attached hydrogen (secondary N) is 2. The lowest BCUT2D eigenvalue weighted by atomic mass is 10.0. The third-order valence-corrected chi connectivity index (χ3v) is 3.12. The van der Waals surface area contributed by atoms with Gasteiger partial charge in [0, 0.05) is 25.3 Å². The number of ether oxygens (including phenoxy) is 1. The number of aromatic nitrogens is 2. The van der Waals surface area contributed by atoms with Gasteiger partial charge in [-0.15, -0.1) is 0 Å². The van der Waals surface area contributed by atoms with Crippen LogP contribution in [0.25, 0.3) is 0 Å². The van der Waals surface area contributed by atoms with Crippen molar-refractivity contribution in [3.8, 4) is 0 Å². The minimum Gasteiger partial charge on any atom is -0.379 e. The van der Waals surface area contributed by atoms with Gasteiger partial charge >= 0.3 is 0 Å². The lowest BCUT2D eigenvalue weighted by Crippen LogP contribution is -2.12. The Morgan fingerprint density at radius 1 is 1.05 bits per heavy atom. The van der Waals surface area contributed by atoms with E-state index < -0.39 is 0 Å². The van der Waals surface area contributed by atoms with Crippen LogP contribution in [0.5, 0.6) is 0 Å². The van der Waals surface area contributed by atoms with E-state index in [1.54, 1.807) is 6.33 Å². The SMILES string of the molecule is CCNc1ncnc(NCCCCOC(C)C)c1C(C)C. The fourth-order valence-electron chi connectivity index (χ4n) is 2.14. The summed E-state index contributed by atoms with van der Waals surface area (Å²) in [6.45, 7) is 13.1. The molecule has 0 atom stereocenters. The number of hydrogen-bond acceptors (Lipinski definition) is 5. The van der Waals surface area contributed by atoms with Gasteiger partial charge < -0.3 is 15.4 Å². The summed E-state index contributed by atoms with van der Waals surface area (Å²) in [7, 11) is 0. The highest BCUT2D eigenvalue weighted by Gasteiger charge is 2.14. The Kier molecular flexibility index (Phi) is 8.05. The fraction of sp³-hybridized carbons (Fsp3) is 0.750. The van der Waals surface area contributed by atoms with E-state index in [1.165, 1.54) is 0 Å². The van der Waals surface area contributed by atoms with Gasteiger partial charge in [-0.25, -0.2) is 9.97 Å². The lowest BCUT2D eigenvalue weighted by molar-refractivity contribution is 0.0765. The molecular weight excluding hydrogens is 264 g/mol. The number of hydrogen-bond donors (Lipinski definition) is 2. The van der Waals surface area contributed by atoms with Crippen molar-refractivity contribution in [1.29, 1.82) is 0 Å². The molecular formula is C16H30N4O. The Morgan fingerprint density at radius 3 is 2.29 bits per heavy atom. The van der Waals surface area contributed by atoms with Gasteiger partial charge in [-0.3, -0.25) is 0 Å².